The molecule has 0 aromatic carbocycles. The molecular weight excluding hydrogens is 334 g/mol. The largest absolute Gasteiger partial charge is 0.380 e. The van der Waals surface area contributed by atoms with Crippen LogP contribution in [-0.2, 0) is 11.3 Å². The van der Waals surface area contributed by atoms with Crippen LogP contribution in [0.3, 0.4) is 0 Å². The molecule has 1 amide bonds. The molecule has 9 nitrogen and oxygen atoms in total. The Morgan fingerprint density at radius 1 is 1.27 bits per heavy atom. The van der Waals surface area contributed by atoms with Crippen LogP contribution in [0.15, 0.2) is 0 Å². The highest BCUT2D eigenvalue weighted by Crippen LogP contribution is 2.28. The molecule has 1 fully saturated rings. The standard InChI is InChI=1S/C17H27N7O2/c1-4-26-10-9-24-14-12(13(23-24)16(25)18-2)21-17(19-3)22-15(14)20-11-7-5-6-8-11/h11H,4-10H2,1-3H3,(H,18,25)(H2,19,20,21,22). The Balaban J connectivity index is 2.09. The molecule has 9 heteroatoms. The first kappa shape index (κ1) is 18.4. The first-order valence-electron chi connectivity index (χ1n) is 9.20. The summed E-state index contributed by atoms with van der Waals surface area (Å²) in [7, 11) is 3.35. The molecule has 0 bridgehead atoms. The number of carbonyl (C=O) groups excluding carboxylic acids is 1. The van der Waals surface area contributed by atoms with Crippen LogP contribution < -0.4 is 16.0 Å². The third-order valence-electron chi connectivity index (χ3n) is 4.60. The molecule has 0 unspecified atom stereocenters. The number of carbonyl (C=O) groups is 1. The number of nitrogens with one attached hydrogen (secondary N) is 3. The lowest BCUT2D eigenvalue weighted by Gasteiger charge is -2.15. The molecule has 0 saturated heterocycles. The van der Waals surface area contributed by atoms with Gasteiger partial charge in [-0.05, 0) is 19.8 Å². The quantitative estimate of drug-likeness (QED) is 0.613. The predicted molar refractivity (Wildman–Crippen MR) is 101 cm³/mol. The zero-order chi connectivity index (χ0) is 18.5. The Kier molecular flexibility index (Phi) is 5.87. The maximum atomic E-state index is 12.3. The van der Waals surface area contributed by atoms with Crippen molar-refractivity contribution >= 4 is 28.7 Å². The first-order valence-corrected chi connectivity index (χ1v) is 9.20. The van der Waals surface area contributed by atoms with E-state index < -0.39 is 0 Å². The van der Waals surface area contributed by atoms with Gasteiger partial charge < -0.3 is 20.7 Å². The fourth-order valence-electron chi connectivity index (χ4n) is 3.29. The minimum atomic E-state index is -0.266. The molecule has 26 heavy (non-hydrogen) atoms. The van der Waals surface area contributed by atoms with Crippen molar-refractivity contribution in [3.05, 3.63) is 5.69 Å². The maximum absolute atomic E-state index is 12.3. The summed E-state index contributed by atoms with van der Waals surface area (Å²) in [6.07, 6.45) is 4.68. The second-order valence-corrected chi connectivity index (χ2v) is 6.32. The number of hydrogen-bond donors (Lipinski definition) is 3. The van der Waals surface area contributed by atoms with Gasteiger partial charge in [0, 0.05) is 26.7 Å². The Morgan fingerprint density at radius 2 is 2.04 bits per heavy atom. The lowest BCUT2D eigenvalue weighted by atomic mass is 10.2. The summed E-state index contributed by atoms with van der Waals surface area (Å²) in [5.74, 6) is 0.913. The highest BCUT2D eigenvalue weighted by atomic mass is 16.5. The van der Waals surface area contributed by atoms with Crippen molar-refractivity contribution in [2.45, 2.75) is 45.2 Å². The van der Waals surface area contributed by atoms with Crippen LogP contribution in [-0.4, -0.2) is 59.0 Å². The minimum absolute atomic E-state index is 0.266. The van der Waals surface area contributed by atoms with Crippen molar-refractivity contribution in [1.29, 1.82) is 0 Å². The Hall–Kier alpha value is -2.42. The summed E-state index contributed by atoms with van der Waals surface area (Å²) in [6, 6.07) is 0.386. The number of hydrogen-bond acceptors (Lipinski definition) is 7. The topological polar surface area (TPSA) is 106 Å². The van der Waals surface area contributed by atoms with Crippen LogP contribution in [0.4, 0.5) is 11.8 Å². The molecule has 1 saturated carbocycles. The highest BCUT2D eigenvalue weighted by molar-refractivity contribution is 6.05. The lowest BCUT2D eigenvalue weighted by molar-refractivity contribution is 0.0957. The van der Waals surface area contributed by atoms with E-state index in [4.69, 9.17) is 4.74 Å². The Labute approximate surface area is 152 Å². The number of nitrogens with zero attached hydrogens (tertiary/aromatic N) is 4. The van der Waals surface area contributed by atoms with Gasteiger partial charge >= 0.3 is 0 Å². The van der Waals surface area contributed by atoms with Gasteiger partial charge in [0.1, 0.15) is 11.0 Å². The third kappa shape index (κ3) is 3.72. The van der Waals surface area contributed by atoms with Crippen molar-refractivity contribution in [2.24, 2.45) is 0 Å². The molecule has 0 atom stereocenters. The fraction of sp³-hybridized carbons (Fsp3) is 0.647. The van der Waals surface area contributed by atoms with E-state index in [2.05, 4.69) is 31.0 Å². The number of anilines is 2. The Morgan fingerprint density at radius 3 is 2.69 bits per heavy atom. The van der Waals surface area contributed by atoms with E-state index in [1.807, 2.05) is 6.92 Å². The van der Waals surface area contributed by atoms with E-state index >= 15 is 0 Å². The van der Waals surface area contributed by atoms with Crippen LogP contribution in [0.2, 0.25) is 0 Å². The SMILES string of the molecule is CCOCCn1nc(C(=O)NC)c2nc(NC)nc(NC3CCCC3)c21. The molecule has 2 heterocycles. The molecule has 0 aliphatic heterocycles. The van der Waals surface area contributed by atoms with Crippen LogP contribution in [0, 0.1) is 0 Å². The molecule has 3 rings (SSSR count). The minimum Gasteiger partial charge on any atom is -0.380 e. The molecule has 2 aromatic rings. The van der Waals surface area contributed by atoms with Crippen molar-refractivity contribution in [3.8, 4) is 0 Å². The Bertz CT molecular complexity index is 768. The maximum Gasteiger partial charge on any atom is 0.273 e. The first-order chi connectivity index (χ1) is 12.7. The van der Waals surface area contributed by atoms with Crippen molar-refractivity contribution in [1.82, 2.24) is 25.1 Å². The second kappa shape index (κ2) is 8.31. The molecule has 2 aromatic heterocycles. The van der Waals surface area contributed by atoms with Crippen LogP contribution in [0.25, 0.3) is 11.0 Å². The van der Waals surface area contributed by atoms with Gasteiger partial charge in [0.05, 0.1) is 13.2 Å². The zero-order valence-electron chi connectivity index (χ0n) is 15.6. The molecule has 1 aliphatic rings. The van der Waals surface area contributed by atoms with E-state index in [-0.39, 0.29) is 5.91 Å². The summed E-state index contributed by atoms with van der Waals surface area (Å²) >= 11 is 0. The van der Waals surface area contributed by atoms with Crippen LogP contribution in [0.1, 0.15) is 43.1 Å². The fourth-order valence-corrected chi connectivity index (χ4v) is 3.29. The molecule has 1 aliphatic carbocycles. The van der Waals surface area contributed by atoms with E-state index in [1.54, 1.807) is 18.8 Å². The predicted octanol–water partition coefficient (Wildman–Crippen LogP) is 1.62. The van der Waals surface area contributed by atoms with E-state index in [0.717, 1.165) is 18.4 Å². The van der Waals surface area contributed by atoms with Gasteiger partial charge in [-0.3, -0.25) is 9.48 Å². The average Bonchev–Trinajstić information content (AvgIpc) is 3.29. The monoisotopic (exact) mass is 361 g/mol. The summed E-state index contributed by atoms with van der Waals surface area (Å²) in [5, 5.41) is 13.6. The molecule has 142 valence electrons. The average molecular weight is 361 g/mol. The van der Waals surface area contributed by atoms with E-state index in [1.165, 1.54) is 12.8 Å². The van der Waals surface area contributed by atoms with Gasteiger partial charge in [0.15, 0.2) is 11.5 Å². The van der Waals surface area contributed by atoms with Gasteiger partial charge in [0.2, 0.25) is 5.95 Å². The number of amides is 1. The van der Waals surface area contributed by atoms with Gasteiger partial charge in [-0.25, -0.2) is 4.98 Å². The summed E-state index contributed by atoms with van der Waals surface area (Å²) in [4.78, 5) is 21.4. The summed E-state index contributed by atoms with van der Waals surface area (Å²) in [6.45, 7) is 3.63. The van der Waals surface area contributed by atoms with Crippen LogP contribution in [0.5, 0.6) is 0 Å². The number of rotatable bonds is 8. The molecule has 0 spiro atoms. The smallest absolute Gasteiger partial charge is 0.273 e. The number of ether oxygens (including phenoxy) is 1. The van der Waals surface area contributed by atoms with Gasteiger partial charge in [0.25, 0.3) is 5.91 Å². The number of aromatic nitrogens is 4. The summed E-state index contributed by atoms with van der Waals surface area (Å²) in [5.41, 5.74) is 1.59. The van der Waals surface area contributed by atoms with Crippen LogP contribution >= 0.6 is 0 Å². The summed E-state index contributed by atoms with van der Waals surface area (Å²) < 4.78 is 7.24. The molecule has 3 N–H and O–H groups in total. The van der Waals surface area contributed by atoms with Gasteiger partial charge in [-0.1, -0.05) is 12.8 Å². The molecular formula is C17H27N7O2. The van der Waals surface area contributed by atoms with Gasteiger partial charge in [-0.2, -0.15) is 10.1 Å². The zero-order valence-corrected chi connectivity index (χ0v) is 15.6. The lowest BCUT2D eigenvalue weighted by Crippen LogP contribution is -2.19. The van der Waals surface area contributed by atoms with E-state index in [9.17, 15) is 4.79 Å². The van der Waals surface area contributed by atoms with Crippen molar-refractivity contribution in [2.75, 3.05) is 37.9 Å². The second-order valence-electron chi connectivity index (χ2n) is 6.32. The van der Waals surface area contributed by atoms with Crippen molar-refractivity contribution in [3.63, 3.8) is 0 Å². The van der Waals surface area contributed by atoms with E-state index in [0.29, 0.717) is 48.8 Å². The van der Waals surface area contributed by atoms with Gasteiger partial charge in [-0.15, -0.1) is 0 Å². The number of fused-ring (bicyclic) bond motifs is 1. The normalized spacial score (nSPS) is 14.7. The van der Waals surface area contributed by atoms with Crippen molar-refractivity contribution < 1.29 is 9.53 Å². The highest BCUT2D eigenvalue weighted by Gasteiger charge is 2.24. The third-order valence-corrected chi connectivity index (χ3v) is 4.60. The molecule has 0 radical (unpaired) electrons.